The number of aromatic carboxylic acids is 1. The van der Waals surface area contributed by atoms with Crippen molar-refractivity contribution in [3.05, 3.63) is 173 Å². The zero-order valence-corrected chi connectivity index (χ0v) is 26.5. The molecular formula is C39H30N2O9. The number of rotatable bonds is 12. The van der Waals surface area contributed by atoms with E-state index in [1.54, 1.807) is 97.1 Å². The molecule has 1 heterocycles. The zero-order valence-electron chi connectivity index (χ0n) is 26.5. The molecule has 1 aromatic heterocycles. The SMILES string of the molecule is O=C(O)c1ccnc(C(=O)N(C(Cc2ccccc2)C(=O)OC(=O)c2ccccc2)C(Cc2ccccc2)C(=O)OC(=O)c2ccccc2)c1. The lowest BCUT2D eigenvalue weighted by atomic mass is 9.98. The van der Waals surface area contributed by atoms with Crippen LogP contribution in [-0.2, 0) is 31.9 Å². The molecule has 0 saturated carbocycles. The molecule has 0 saturated heterocycles. The van der Waals surface area contributed by atoms with Gasteiger partial charge in [-0.25, -0.2) is 24.0 Å². The smallest absolute Gasteiger partial charge is 0.345 e. The van der Waals surface area contributed by atoms with E-state index in [2.05, 4.69) is 4.98 Å². The Hall–Kier alpha value is -6.75. The molecule has 0 bridgehead atoms. The second-order valence-corrected chi connectivity index (χ2v) is 11.0. The van der Waals surface area contributed by atoms with Gasteiger partial charge in [0, 0.05) is 19.0 Å². The number of hydrogen-bond acceptors (Lipinski definition) is 9. The maximum Gasteiger partial charge on any atom is 0.345 e. The number of carboxylic acids is 1. The van der Waals surface area contributed by atoms with Gasteiger partial charge in [-0.2, -0.15) is 0 Å². The molecule has 4 aromatic carbocycles. The standard InChI is InChI=1S/C39H30N2O9/c42-34(31-25-30(35(43)44)21-22-40-31)41(32(23-26-13-5-1-6-14-26)38(47)49-36(45)28-17-9-3-10-18-28)33(24-27-15-7-2-8-16-27)39(48)50-37(46)29-19-11-4-12-20-29/h1-22,25,32-33H,23-24H2,(H,43,44). The maximum absolute atomic E-state index is 14.6. The topological polar surface area (TPSA) is 157 Å². The Morgan fingerprint density at radius 2 is 0.960 bits per heavy atom. The lowest BCUT2D eigenvalue weighted by Crippen LogP contribution is -2.56. The summed E-state index contributed by atoms with van der Waals surface area (Å²) in [5, 5.41) is 9.65. The van der Waals surface area contributed by atoms with E-state index in [1.165, 1.54) is 30.3 Å². The van der Waals surface area contributed by atoms with Crippen LogP contribution in [0.25, 0.3) is 0 Å². The number of carbonyl (C=O) groups excluding carboxylic acids is 5. The number of aromatic nitrogens is 1. The van der Waals surface area contributed by atoms with Gasteiger partial charge in [0.05, 0.1) is 16.7 Å². The van der Waals surface area contributed by atoms with Crippen molar-refractivity contribution in [3.8, 4) is 0 Å². The quantitative estimate of drug-likeness (QED) is 0.138. The Balaban J connectivity index is 1.65. The van der Waals surface area contributed by atoms with Crippen molar-refractivity contribution in [2.75, 3.05) is 0 Å². The summed E-state index contributed by atoms with van der Waals surface area (Å²) in [4.78, 5) is 85.9. The molecule has 1 amide bonds. The molecule has 2 atom stereocenters. The normalized spacial score (nSPS) is 11.8. The Morgan fingerprint density at radius 1 is 0.560 bits per heavy atom. The van der Waals surface area contributed by atoms with Crippen LogP contribution in [0.2, 0.25) is 0 Å². The molecule has 11 heteroatoms. The fraction of sp³-hybridized carbons (Fsp3) is 0.103. The number of esters is 4. The van der Waals surface area contributed by atoms with Crippen LogP contribution in [0, 0.1) is 0 Å². The average molecular weight is 671 g/mol. The predicted octanol–water partition coefficient (Wildman–Crippen LogP) is 5.21. The lowest BCUT2D eigenvalue weighted by Gasteiger charge is -2.35. The van der Waals surface area contributed by atoms with E-state index in [0.717, 1.165) is 17.2 Å². The van der Waals surface area contributed by atoms with Crippen molar-refractivity contribution in [1.82, 2.24) is 9.88 Å². The number of carboxylic acid groups (broad SMARTS) is 1. The average Bonchev–Trinajstić information content (AvgIpc) is 3.15. The van der Waals surface area contributed by atoms with E-state index in [1.807, 2.05) is 0 Å². The van der Waals surface area contributed by atoms with Crippen molar-refractivity contribution in [1.29, 1.82) is 0 Å². The van der Waals surface area contributed by atoms with Crippen LogP contribution in [0.1, 0.15) is 52.7 Å². The summed E-state index contributed by atoms with van der Waals surface area (Å²) in [5.41, 5.74) is 0.456. The highest BCUT2D eigenvalue weighted by atomic mass is 16.6. The molecule has 0 aliphatic carbocycles. The number of pyridine rings is 1. The third-order valence-corrected chi connectivity index (χ3v) is 7.63. The summed E-state index contributed by atoms with van der Waals surface area (Å²) < 4.78 is 10.6. The highest BCUT2D eigenvalue weighted by molar-refractivity contribution is 6.04. The summed E-state index contributed by atoms with van der Waals surface area (Å²) >= 11 is 0. The van der Waals surface area contributed by atoms with Gasteiger partial charge in [0.15, 0.2) is 0 Å². The molecule has 5 aromatic rings. The summed E-state index contributed by atoms with van der Waals surface area (Å²) in [6.45, 7) is 0. The van der Waals surface area contributed by atoms with E-state index < -0.39 is 53.5 Å². The van der Waals surface area contributed by atoms with Gasteiger partial charge in [0.2, 0.25) is 0 Å². The van der Waals surface area contributed by atoms with Gasteiger partial charge < -0.3 is 19.5 Å². The largest absolute Gasteiger partial charge is 0.478 e. The number of ether oxygens (including phenoxy) is 2. The van der Waals surface area contributed by atoms with E-state index in [0.29, 0.717) is 11.1 Å². The molecule has 250 valence electrons. The fourth-order valence-electron chi connectivity index (χ4n) is 5.16. The van der Waals surface area contributed by atoms with Gasteiger partial charge in [-0.15, -0.1) is 0 Å². The molecule has 1 N–H and O–H groups in total. The minimum atomic E-state index is -1.68. The number of carbonyl (C=O) groups is 6. The van der Waals surface area contributed by atoms with Crippen molar-refractivity contribution >= 4 is 35.8 Å². The molecule has 5 rings (SSSR count). The van der Waals surface area contributed by atoms with E-state index in [4.69, 9.17) is 9.47 Å². The van der Waals surface area contributed by atoms with E-state index in [9.17, 15) is 33.9 Å². The predicted molar refractivity (Wildman–Crippen MR) is 179 cm³/mol. The van der Waals surface area contributed by atoms with Gasteiger partial charge in [-0.1, -0.05) is 97.1 Å². The van der Waals surface area contributed by atoms with Crippen molar-refractivity contribution in [2.24, 2.45) is 0 Å². The molecule has 0 spiro atoms. The van der Waals surface area contributed by atoms with Gasteiger partial charge in [-0.3, -0.25) is 9.78 Å². The first-order valence-electron chi connectivity index (χ1n) is 15.4. The van der Waals surface area contributed by atoms with E-state index >= 15 is 0 Å². The number of hydrogen-bond donors (Lipinski definition) is 1. The van der Waals surface area contributed by atoms with Crippen molar-refractivity contribution < 1.29 is 43.3 Å². The second-order valence-electron chi connectivity index (χ2n) is 11.0. The summed E-state index contributed by atoms with van der Waals surface area (Å²) in [7, 11) is 0. The van der Waals surface area contributed by atoms with Crippen molar-refractivity contribution in [3.63, 3.8) is 0 Å². The Kier molecular flexibility index (Phi) is 11.3. The zero-order chi connectivity index (χ0) is 35.5. The van der Waals surface area contributed by atoms with Gasteiger partial charge in [-0.05, 0) is 47.5 Å². The van der Waals surface area contributed by atoms with Crippen LogP contribution in [-0.4, -0.2) is 62.8 Å². The number of nitrogens with zero attached hydrogens (tertiary/aromatic N) is 2. The molecule has 50 heavy (non-hydrogen) atoms. The van der Waals surface area contributed by atoms with Gasteiger partial charge >= 0.3 is 29.8 Å². The first kappa shape index (κ1) is 34.6. The number of amides is 1. The highest BCUT2D eigenvalue weighted by Gasteiger charge is 2.43. The van der Waals surface area contributed by atoms with Gasteiger partial charge in [0.1, 0.15) is 17.8 Å². The Labute approximate surface area is 286 Å². The lowest BCUT2D eigenvalue weighted by molar-refractivity contribution is -0.149. The van der Waals surface area contributed by atoms with Crippen LogP contribution in [0.15, 0.2) is 140 Å². The third kappa shape index (κ3) is 8.78. The summed E-state index contributed by atoms with van der Waals surface area (Å²) in [6, 6.07) is 31.2. The molecule has 0 aliphatic rings. The molecule has 0 radical (unpaired) electrons. The van der Waals surface area contributed by atoms with Crippen LogP contribution in [0.4, 0.5) is 0 Å². The highest BCUT2D eigenvalue weighted by Crippen LogP contribution is 2.23. The van der Waals surface area contributed by atoms with Crippen LogP contribution >= 0.6 is 0 Å². The molecule has 0 aliphatic heterocycles. The number of benzene rings is 4. The minimum absolute atomic E-state index is 0.0571. The molecule has 0 fully saturated rings. The Morgan fingerprint density at radius 3 is 1.36 bits per heavy atom. The third-order valence-electron chi connectivity index (χ3n) is 7.63. The van der Waals surface area contributed by atoms with E-state index in [-0.39, 0.29) is 29.5 Å². The minimum Gasteiger partial charge on any atom is -0.478 e. The molecule has 11 nitrogen and oxygen atoms in total. The Bertz CT molecular complexity index is 1880. The fourth-order valence-corrected chi connectivity index (χ4v) is 5.16. The molecule has 2 unspecified atom stereocenters. The van der Waals surface area contributed by atoms with Crippen LogP contribution in [0.5, 0.6) is 0 Å². The van der Waals surface area contributed by atoms with Crippen LogP contribution < -0.4 is 0 Å². The van der Waals surface area contributed by atoms with Crippen LogP contribution in [0.3, 0.4) is 0 Å². The first-order valence-corrected chi connectivity index (χ1v) is 15.4. The monoisotopic (exact) mass is 670 g/mol. The summed E-state index contributed by atoms with van der Waals surface area (Å²) in [6.07, 6.45) is 0.594. The van der Waals surface area contributed by atoms with Crippen molar-refractivity contribution in [2.45, 2.75) is 24.9 Å². The second kappa shape index (κ2) is 16.4. The summed E-state index contributed by atoms with van der Waals surface area (Å²) in [5.74, 6) is -6.79. The maximum atomic E-state index is 14.6. The first-order chi connectivity index (χ1) is 24.2. The molecular weight excluding hydrogens is 640 g/mol. The van der Waals surface area contributed by atoms with Gasteiger partial charge in [0.25, 0.3) is 5.91 Å².